The maximum atomic E-state index is 12.1. The van der Waals surface area contributed by atoms with Crippen LogP contribution in [0.3, 0.4) is 0 Å². The van der Waals surface area contributed by atoms with Crippen molar-refractivity contribution >= 4 is 15.8 Å². The van der Waals surface area contributed by atoms with Gasteiger partial charge in [0.2, 0.25) is 0 Å². The molecule has 1 N–H and O–H groups in total. The molecule has 5 heteroatoms. The molecule has 112 valence electrons. The van der Waals surface area contributed by atoms with Crippen molar-refractivity contribution in [2.24, 2.45) is 0 Å². The van der Waals surface area contributed by atoms with E-state index in [1.54, 1.807) is 19.1 Å². The highest BCUT2D eigenvalue weighted by Crippen LogP contribution is 2.23. The Balaban J connectivity index is 2.96. The zero-order valence-corrected chi connectivity index (χ0v) is 13.2. The van der Waals surface area contributed by atoms with E-state index in [1.165, 1.54) is 0 Å². The van der Waals surface area contributed by atoms with Crippen molar-refractivity contribution in [1.82, 2.24) is 0 Å². The number of carboxylic acids is 1. The minimum Gasteiger partial charge on any atom is -0.480 e. The Labute approximate surface area is 120 Å². The van der Waals surface area contributed by atoms with Crippen LogP contribution in [0, 0.1) is 0 Å². The van der Waals surface area contributed by atoms with Gasteiger partial charge in [0.25, 0.3) is 0 Å². The smallest absolute Gasteiger partial charge is 0.321 e. The van der Waals surface area contributed by atoms with Crippen LogP contribution in [0.2, 0.25) is 0 Å². The van der Waals surface area contributed by atoms with Crippen LogP contribution in [-0.2, 0) is 25.8 Å². The average molecular weight is 298 g/mol. The summed E-state index contributed by atoms with van der Waals surface area (Å²) < 4.78 is 24.1. The molecule has 0 saturated heterocycles. The van der Waals surface area contributed by atoms with Crippen LogP contribution in [0.5, 0.6) is 0 Å². The minimum atomic E-state index is -3.67. The summed E-state index contributed by atoms with van der Waals surface area (Å²) in [6.07, 6.45) is 0.0811. The Morgan fingerprint density at radius 1 is 1.20 bits per heavy atom. The van der Waals surface area contributed by atoms with Crippen molar-refractivity contribution in [3.05, 3.63) is 35.4 Å². The van der Waals surface area contributed by atoms with Gasteiger partial charge in [-0.2, -0.15) is 0 Å². The first-order valence-corrected chi connectivity index (χ1v) is 8.33. The number of aliphatic carboxylic acids is 1. The maximum absolute atomic E-state index is 12.1. The molecular formula is C15H22O4S. The molecule has 1 aromatic rings. The molecule has 20 heavy (non-hydrogen) atoms. The van der Waals surface area contributed by atoms with E-state index in [1.807, 2.05) is 12.1 Å². The van der Waals surface area contributed by atoms with Gasteiger partial charge < -0.3 is 5.11 Å². The van der Waals surface area contributed by atoms with E-state index in [-0.39, 0.29) is 17.6 Å². The lowest BCUT2D eigenvalue weighted by molar-refractivity contribution is -0.136. The highest BCUT2D eigenvalue weighted by atomic mass is 32.2. The van der Waals surface area contributed by atoms with Gasteiger partial charge in [0, 0.05) is 0 Å². The molecule has 0 spiro atoms. The Morgan fingerprint density at radius 3 is 2.05 bits per heavy atom. The number of rotatable bonds is 5. The fraction of sp³-hybridized carbons (Fsp3) is 0.533. The Hall–Kier alpha value is -1.36. The summed E-state index contributed by atoms with van der Waals surface area (Å²) in [6, 6.07) is 7.30. The second-order valence-electron chi connectivity index (χ2n) is 5.99. The third-order valence-electron chi connectivity index (χ3n) is 3.27. The van der Waals surface area contributed by atoms with Crippen molar-refractivity contribution < 1.29 is 18.3 Å². The molecule has 4 nitrogen and oxygen atoms in total. The van der Waals surface area contributed by atoms with Gasteiger partial charge in [0.15, 0.2) is 15.1 Å². The average Bonchev–Trinajstić information content (AvgIpc) is 2.27. The normalized spacial score (nSPS) is 14.0. The van der Waals surface area contributed by atoms with Crippen molar-refractivity contribution in [3.63, 3.8) is 0 Å². The zero-order chi connectivity index (χ0) is 15.6. The van der Waals surface area contributed by atoms with Crippen LogP contribution >= 0.6 is 0 Å². The van der Waals surface area contributed by atoms with Crippen molar-refractivity contribution in [1.29, 1.82) is 0 Å². The molecule has 0 radical (unpaired) electrons. The fourth-order valence-electron chi connectivity index (χ4n) is 2.02. The summed E-state index contributed by atoms with van der Waals surface area (Å²) >= 11 is 0. The summed E-state index contributed by atoms with van der Waals surface area (Å²) in [4.78, 5) is 11.0. The van der Waals surface area contributed by atoms with E-state index in [4.69, 9.17) is 5.11 Å². The second kappa shape index (κ2) is 5.95. The van der Waals surface area contributed by atoms with E-state index in [9.17, 15) is 13.2 Å². The van der Waals surface area contributed by atoms with Crippen LogP contribution < -0.4 is 0 Å². The standard InChI is InChI=1S/C15H22O4S/c1-5-13(14(16)17)20(18,19)10-11-6-8-12(9-7-11)15(2,3)4/h6-9,13H,5,10H2,1-4H3,(H,16,17). The first kappa shape index (κ1) is 16.7. The van der Waals surface area contributed by atoms with Gasteiger partial charge >= 0.3 is 5.97 Å². The molecule has 0 aromatic heterocycles. The van der Waals surface area contributed by atoms with Crippen molar-refractivity contribution in [3.8, 4) is 0 Å². The molecule has 0 saturated carbocycles. The van der Waals surface area contributed by atoms with Crippen molar-refractivity contribution in [2.75, 3.05) is 0 Å². The number of hydrogen-bond acceptors (Lipinski definition) is 3. The molecule has 1 atom stereocenters. The van der Waals surface area contributed by atoms with Crippen LogP contribution in [0.1, 0.15) is 45.2 Å². The lowest BCUT2D eigenvalue weighted by Gasteiger charge is -2.19. The summed E-state index contributed by atoms with van der Waals surface area (Å²) in [5, 5.41) is 7.63. The van der Waals surface area contributed by atoms with Gasteiger partial charge in [-0.25, -0.2) is 8.42 Å². The predicted octanol–water partition coefficient (Wildman–Crippen LogP) is 2.76. The number of carboxylic acid groups (broad SMARTS) is 1. The molecule has 0 heterocycles. The van der Waals surface area contributed by atoms with Gasteiger partial charge in [-0.15, -0.1) is 0 Å². The van der Waals surface area contributed by atoms with E-state index >= 15 is 0 Å². The largest absolute Gasteiger partial charge is 0.480 e. The van der Waals surface area contributed by atoms with E-state index in [0.29, 0.717) is 5.56 Å². The number of sulfone groups is 1. The lowest BCUT2D eigenvalue weighted by Crippen LogP contribution is -2.30. The highest BCUT2D eigenvalue weighted by molar-refractivity contribution is 7.92. The molecule has 1 aromatic carbocycles. The van der Waals surface area contributed by atoms with E-state index < -0.39 is 21.1 Å². The Bertz CT molecular complexity index is 565. The molecule has 1 rings (SSSR count). The van der Waals surface area contributed by atoms with Crippen LogP contribution in [0.4, 0.5) is 0 Å². The van der Waals surface area contributed by atoms with E-state index in [2.05, 4.69) is 20.8 Å². The predicted molar refractivity (Wildman–Crippen MR) is 79.5 cm³/mol. The van der Waals surface area contributed by atoms with E-state index in [0.717, 1.165) is 5.56 Å². The molecular weight excluding hydrogens is 276 g/mol. The lowest BCUT2D eigenvalue weighted by atomic mass is 9.87. The number of hydrogen-bond donors (Lipinski definition) is 1. The van der Waals surface area contributed by atoms with Gasteiger partial charge in [-0.1, -0.05) is 52.0 Å². The molecule has 0 bridgehead atoms. The molecule has 0 aliphatic heterocycles. The van der Waals surface area contributed by atoms with Gasteiger partial charge in [-0.05, 0) is 23.0 Å². The molecule has 0 aliphatic rings. The third-order valence-corrected chi connectivity index (χ3v) is 5.41. The Morgan fingerprint density at radius 2 is 1.70 bits per heavy atom. The monoisotopic (exact) mass is 298 g/mol. The Kier molecular flexibility index (Phi) is 4.97. The third kappa shape index (κ3) is 4.07. The topological polar surface area (TPSA) is 71.4 Å². The number of carbonyl (C=O) groups is 1. The molecule has 0 aliphatic carbocycles. The minimum absolute atomic E-state index is 0.00439. The van der Waals surface area contributed by atoms with Gasteiger partial charge in [-0.3, -0.25) is 4.79 Å². The molecule has 0 fully saturated rings. The summed E-state index contributed by atoms with van der Waals surface area (Å²) in [5.74, 6) is -1.51. The summed E-state index contributed by atoms with van der Waals surface area (Å²) in [7, 11) is -3.67. The molecule has 1 unspecified atom stereocenters. The fourth-order valence-corrected chi connectivity index (χ4v) is 3.69. The van der Waals surface area contributed by atoms with Crippen LogP contribution in [0.15, 0.2) is 24.3 Å². The SMILES string of the molecule is CCC(C(=O)O)S(=O)(=O)Cc1ccc(C(C)(C)C)cc1. The number of benzene rings is 1. The summed E-state index contributed by atoms with van der Waals surface area (Å²) in [5.41, 5.74) is 1.74. The first-order chi connectivity index (χ1) is 9.08. The zero-order valence-electron chi connectivity index (χ0n) is 12.4. The quantitative estimate of drug-likeness (QED) is 0.907. The first-order valence-electron chi connectivity index (χ1n) is 6.61. The van der Waals surface area contributed by atoms with Crippen molar-refractivity contribution in [2.45, 2.75) is 50.5 Å². The van der Waals surface area contributed by atoms with Gasteiger partial charge in [0.1, 0.15) is 0 Å². The summed E-state index contributed by atoms with van der Waals surface area (Å²) in [6.45, 7) is 7.81. The van der Waals surface area contributed by atoms with Crippen LogP contribution in [0.25, 0.3) is 0 Å². The highest BCUT2D eigenvalue weighted by Gasteiger charge is 2.30. The van der Waals surface area contributed by atoms with Crippen LogP contribution in [-0.4, -0.2) is 24.7 Å². The van der Waals surface area contributed by atoms with Gasteiger partial charge in [0.05, 0.1) is 5.75 Å². The molecule has 0 amide bonds. The second-order valence-corrected chi connectivity index (χ2v) is 8.17. The maximum Gasteiger partial charge on any atom is 0.321 e.